The standard InChI is InChI=1S/C9H14N2O4S2.C9H14N2S2.C3H3N.C3H8O4S2.C3H8S2.C2H4O3.CH3O.3Na/c1-11-5-9-17(14,15)8-3-7-16(12,13)6-2-4-10;1-11-5-9-13-8-3-7-12-6-2-4-10;1-2-3-4;4-8(5)2-1-3-9(6)7;4-2-1-3-5;1-2(3)5-4;1-2;;;/h2-3,5-9H2;2-3,5-9H2;2H,1H2;1-3H2,(H,4,5)(H,6,7);4-5H,1-3H2;4H,1H3;1H3;;;/q;;;;;;-1;3*+1/p-2. The Hall–Kier alpha value is 1.10. The van der Waals surface area contributed by atoms with Crippen LogP contribution in [0.3, 0.4) is 0 Å². The molecule has 0 spiro atoms. The van der Waals surface area contributed by atoms with Crippen LogP contribution in [0, 0.1) is 47.1 Å². The number of sulfone groups is 2. The first-order chi connectivity index (χ1) is 26.0. The molecule has 2 unspecified atom stereocenters. The topological polar surface area (TPSA) is 298 Å². The molecule has 320 valence electrons. The van der Waals surface area contributed by atoms with Crippen LogP contribution in [0.25, 0.3) is 9.69 Å². The van der Waals surface area contributed by atoms with E-state index in [0.29, 0.717) is 13.0 Å². The third kappa shape index (κ3) is 112. The summed E-state index contributed by atoms with van der Waals surface area (Å²) in [5.74, 6) is 4.39. The number of thioether (sulfide) groups is 2. The summed E-state index contributed by atoms with van der Waals surface area (Å²) in [6.45, 7) is 17.8. The van der Waals surface area contributed by atoms with Crippen LogP contribution in [-0.4, -0.2) is 135 Å². The Morgan fingerprint density at radius 1 is 0.776 bits per heavy atom. The predicted octanol–water partition coefficient (Wildman–Crippen LogP) is -6.21. The summed E-state index contributed by atoms with van der Waals surface area (Å²) in [4.78, 5) is 18.7. The molecule has 0 aromatic carbocycles. The minimum Gasteiger partial charge on any atom is -0.857 e. The second kappa shape index (κ2) is 72.5. The van der Waals surface area contributed by atoms with Crippen LogP contribution in [0.5, 0.6) is 0 Å². The molecule has 0 bridgehead atoms. The average molecular weight is 1000 g/mol. The van der Waals surface area contributed by atoms with Gasteiger partial charge in [0.05, 0.1) is 41.2 Å². The molecule has 0 saturated heterocycles. The van der Waals surface area contributed by atoms with Crippen molar-refractivity contribution in [3.63, 3.8) is 0 Å². The summed E-state index contributed by atoms with van der Waals surface area (Å²) in [7, 11) is -5.91. The van der Waals surface area contributed by atoms with Gasteiger partial charge in [-0.2, -0.15) is 76.9 Å². The van der Waals surface area contributed by atoms with Crippen molar-refractivity contribution < 1.29 is 143 Å². The first-order valence-corrected chi connectivity index (χ1v) is 25.2. The number of allylic oxidation sites excluding steroid dienone is 1. The van der Waals surface area contributed by atoms with Crippen molar-refractivity contribution in [2.24, 2.45) is 0 Å². The molecular weight excluding hydrogens is 948 g/mol. The molecular formula is C30H52N5Na3O12S8. The molecule has 0 saturated carbocycles. The zero-order valence-corrected chi connectivity index (χ0v) is 46.6. The molecule has 0 fully saturated rings. The summed E-state index contributed by atoms with van der Waals surface area (Å²) in [5.41, 5.74) is 0. The van der Waals surface area contributed by atoms with Crippen molar-refractivity contribution in [3.05, 3.63) is 35.5 Å². The van der Waals surface area contributed by atoms with Crippen molar-refractivity contribution in [1.29, 1.82) is 15.8 Å². The van der Waals surface area contributed by atoms with Gasteiger partial charge < -0.3 is 28.8 Å². The fourth-order valence-corrected chi connectivity index (χ4v) is 7.93. The summed E-state index contributed by atoms with van der Waals surface area (Å²) >= 11 is 7.39. The molecule has 58 heavy (non-hydrogen) atoms. The Morgan fingerprint density at radius 2 is 1.17 bits per heavy atom. The van der Waals surface area contributed by atoms with Crippen molar-refractivity contribution in [1.82, 2.24) is 0 Å². The Balaban J connectivity index is -0.0000000627. The number of thiol groups is 2. The van der Waals surface area contributed by atoms with Crippen LogP contribution in [0.1, 0.15) is 45.4 Å². The number of rotatable bonds is 22. The molecule has 0 aliphatic heterocycles. The third-order valence-corrected chi connectivity index (χ3v) is 11.8. The summed E-state index contributed by atoms with van der Waals surface area (Å²) in [6.07, 6.45) is 4.29. The van der Waals surface area contributed by atoms with E-state index in [0.717, 1.165) is 55.0 Å². The fraction of sp³-hybridized carbons (Fsp3) is 0.733. The molecule has 0 aromatic heterocycles. The van der Waals surface area contributed by atoms with E-state index >= 15 is 0 Å². The van der Waals surface area contributed by atoms with Crippen LogP contribution in [0.2, 0.25) is 0 Å². The molecule has 0 radical (unpaired) electrons. The quantitative estimate of drug-likeness (QED) is 0.0133. The van der Waals surface area contributed by atoms with Crippen molar-refractivity contribution in [3.8, 4) is 18.2 Å². The van der Waals surface area contributed by atoms with E-state index in [2.05, 4.69) is 52.5 Å². The van der Waals surface area contributed by atoms with Gasteiger partial charge in [-0.25, -0.2) is 34.8 Å². The Morgan fingerprint density at radius 3 is 1.48 bits per heavy atom. The maximum absolute atomic E-state index is 11.3. The van der Waals surface area contributed by atoms with Crippen LogP contribution in [0.15, 0.2) is 12.7 Å². The second-order valence-electron chi connectivity index (χ2n) is 8.90. The first-order valence-electron chi connectivity index (χ1n) is 15.5. The normalized spacial score (nSPS) is 9.78. The Bertz CT molecular complexity index is 1310. The largest absolute Gasteiger partial charge is 1.00 e. The number of nitriles is 3. The molecule has 2 atom stereocenters. The summed E-state index contributed by atoms with van der Waals surface area (Å²) in [5, 5.41) is 39.6. The molecule has 28 heteroatoms. The van der Waals surface area contributed by atoms with Gasteiger partial charge in [-0.3, -0.25) is 8.42 Å². The van der Waals surface area contributed by atoms with E-state index in [1.54, 1.807) is 12.1 Å². The molecule has 0 aliphatic carbocycles. The van der Waals surface area contributed by atoms with E-state index in [1.165, 1.54) is 12.5 Å². The average Bonchev–Trinajstić information content (AvgIpc) is 3.14. The zero-order valence-electron chi connectivity index (χ0n) is 33.9. The molecule has 0 aromatic rings. The molecule has 0 rings (SSSR count). The van der Waals surface area contributed by atoms with E-state index in [1.807, 2.05) is 23.5 Å². The number of hydrogen-bond acceptors (Lipinski definition) is 19. The van der Waals surface area contributed by atoms with Gasteiger partial charge in [-0.1, -0.05) is 28.7 Å². The maximum Gasteiger partial charge on any atom is 1.00 e. The van der Waals surface area contributed by atoms with Crippen LogP contribution >= 0.6 is 48.8 Å². The molecule has 17 nitrogen and oxygen atoms in total. The monoisotopic (exact) mass is 999 g/mol. The molecule has 0 amide bonds. The van der Waals surface area contributed by atoms with Gasteiger partial charge >= 0.3 is 94.6 Å². The Labute approximate surface area is 438 Å². The van der Waals surface area contributed by atoms with Gasteiger partial charge in [0.2, 0.25) is 13.1 Å². The minimum absolute atomic E-state index is 0. The van der Waals surface area contributed by atoms with E-state index in [9.17, 15) is 39.2 Å². The molecule has 1 N–H and O–H groups in total. The third-order valence-electron chi connectivity index (χ3n) is 4.39. The first kappa shape index (κ1) is 82.8. The smallest absolute Gasteiger partial charge is 0.857 e. The van der Waals surface area contributed by atoms with Gasteiger partial charge in [0.1, 0.15) is 5.75 Å². The van der Waals surface area contributed by atoms with Gasteiger partial charge in [-0.05, 0) is 48.7 Å². The maximum atomic E-state index is 11.3. The fourth-order valence-electron chi connectivity index (χ4n) is 2.15. The molecule has 0 aliphatic rings. The van der Waals surface area contributed by atoms with Crippen molar-refractivity contribution in [2.45, 2.75) is 45.4 Å². The van der Waals surface area contributed by atoms with E-state index < -0.39 is 47.8 Å². The predicted molar refractivity (Wildman–Crippen MR) is 225 cm³/mol. The number of nitrogens with zero attached hydrogens (tertiary/aromatic N) is 5. The van der Waals surface area contributed by atoms with E-state index in [-0.39, 0.29) is 149 Å². The van der Waals surface area contributed by atoms with Gasteiger partial charge in [0.25, 0.3) is 0 Å². The second-order valence-corrected chi connectivity index (χ2v) is 18.9. The summed E-state index contributed by atoms with van der Waals surface area (Å²) < 4.78 is 84.3. The van der Waals surface area contributed by atoms with Gasteiger partial charge in [-0.15, -0.1) is 0 Å². The zero-order chi connectivity index (χ0) is 44.2. The van der Waals surface area contributed by atoms with Crippen LogP contribution in [-0.2, 0) is 51.5 Å². The van der Waals surface area contributed by atoms with Crippen molar-refractivity contribution >= 4 is 96.6 Å². The van der Waals surface area contributed by atoms with Crippen molar-refractivity contribution in [2.75, 3.05) is 89.2 Å². The van der Waals surface area contributed by atoms with E-state index in [4.69, 9.17) is 39.3 Å². The van der Waals surface area contributed by atoms with Gasteiger partial charge in [0.15, 0.2) is 19.7 Å². The summed E-state index contributed by atoms with van der Waals surface area (Å²) in [6, 6.07) is 5.55. The number of hydrogen-bond donors (Lipinski definition) is 3. The van der Waals surface area contributed by atoms with Gasteiger partial charge in [0, 0.05) is 43.1 Å². The Kier molecular flexibility index (Phi) is 104. The minimum atomic E-state index is -3.33. The molecule has 0 heterocycles. The van der Waals surface area contributed by atoms with Crippen LogP contribution < -0.4 is 93.8 Å². The number of carbonyl (C=O) groups is 1. The number of carbonyl (C=O) groups excluding carboxylic acids is 1. The SMILES string of the molecule is C=CC#N.CC(=O)OO.C[O-].O=S([O-])CCCS(=O)[O-].SCCCS.[C-]#[N+]CCS(=O)(=O)CCCS(=O)(=O)CCC#N.[C-]#[N+]CCSCCCSCCC#N.[Na+].[Na+].[Na+]. The van der Waals surface area contributed by atoms with Crippen LogP contribution in [0.4, 0.5) is 0 Å².